The largest absolute Gasteiger partial charge is 0.384 e. The predicted molar refractivity (Wildman–Crippen MR) is 88.7 cm³/mol. The van der Waals surface area contributed by atoms with Gasteiger partial charge in [-0.1, -0.05) is 0 Å². The molecule has 7 heteroatoms. The molecule has 1 saturated heterocycles. The number of piperidine rings is 1. The third-order valence-electron chi connectivity index (χ3n) is 3.90. The van der Waals surface area contributed by atoms with Crippen molar-refractivity contribution in [2.75, 3.05) is 38.0 Å². The molecule has 126 valence electrons. The zero-order valence-electron chi connectivity index (χ0n) is 13.3. The highest BCUT2D eigenvalue weighted by Crippen LogP contribution is 2.16. The standard InChI is InChI=1S/C16H25N5O2/c17-15(22)12-21-9-2-4-13(11-21)16(23)20-8-3-7-19-14-5-1-6-18-10-14/h1,5-6,10,13,19H,2-4,7-9,11-12H2,(H2,17,22)(H,20,23). The highest BCUT2D eigenvalue weighted by atomic mass is 16.2. The smallest absolute Gasteiger partial charge is 0.231 e. The van der Waals surface area contributed by atoms with E-state index in [2.05, 4.69) is 15.6 Å². The Morgan fingerprint density at radius 2 is 2.26 bits per heavy atom. The lowest BCUT2D eigenvalue weighted by atomic mass is 9.97. The second kappa shape index (κ2) is 9.09. The van der Waals surface area contributed by atoms with Crippen LogP contribution in [0.3, 0.4) is 0 Å². The van der Waals surface area contributed by atoms with Crippen LogP contribution < -0.4 is 16.4 Å². The van der Waals surface area contributed by atoms with Gasteiger partial charge in [-0.25, -0.2) is 0 Å². The summed E-state index contributed by atoms with van der Waals surface area (Å²) in [5.41, 5.74) is 6.19. The van der Waals surface area contributed by atoms with Crippen molar-refractivity contribution >= 4 is 17.5 Å². The van der Waals surface area contributed by atoms with E-state index >= 15 is 0 Å². The van der Waals surface area contributed by atoms with Gasteiger partial charge in [-0.05, 0) is 37.9 Å². The summed E-state index contributed by atoms with van der Waals surface area (Å²) < 4.78 is 0. The number of nitrogens with two attached hydrogens (primary N) is 1. The summed E-state index contributed by atoms with van der Waals surface area (Å²) >= 11 is 0. The number of amides is 2. The number of carbonyl (C=O) groups is 2. The Balaban J connectivity index is 1.61. The molecule has 0 saturated carbocycles. The van der Waals surface area contributed by atoms with Gasteiger partial charge in [-0.2, -0.15) is 0 Å². The van der Waals surface area contributed by atoms with Crippen LogP contribution in [0, 0.1) is 5.92 Å². The molecular weight excluding hydrogens is 294 g/mol. The van der Waals surface area contributed by atoms with Crippen molar-refractivity contribution in [3.8, 4) is 0 Å². The van der Waals surface area contributed by atoms with E-state index in [1.807, 2.05) is 17.0 Å². The average molecular weight is 319 g/mol. The third kappa shape index (κ3) is 6.23. The van der Waals surface area contributed by atoms with Gasteiger partial charge in [0.1, 0.15) is 0 Å². The third-order valence-corrected chi connectivity index (χ3v) is 3.90. The van der Waals surface area contributed by atoms with E-state index < -0.39 is 0 Å². The van der Waals surface area contributed by atoms with Crippen LogP contribution in [-0.2, 0) is 9.59 Å². The van der Waals surface area contributed by atoms with Crippen molar-refractivity contribution in [2.24, 2.45) is 11.7 Å². The first-order chi connectivity index (χ1) is 11.1. The lowest BCUT2D eigenvalue weighted by Crippen LogP contribution is -2.45. The number of pyridine rings is 1. The second-order valence-electron chi connectivity index (χ2n) is 5.85. The number of nitrogens with one attached hydrogen (secondary N) is 2. The Labute approximate surface area is 136 Å². The molecule has 1 fully saturated rings. The molecule has 1 unspecified atom stereocenters. The normalized spacial score (nSPS) is 18.3. The van der Waals surface area contributed by atoms with E-state index in [4.69, 9.17) is 5.73 Å². The molecule has 2 amide bonds. The lowest BCUT2D eigenvalue weighted by molar-refractivity contribution is -0.128. The number of hydrogen-bond acceptors (Lipinski definition) is 5. The van der Waals surface area contributed by atoms with Gasteiger partial charge in [-0.3, -0.25) is 19.5 Å². The van der Waals surface area contributed by atoms with E-state index in [1.165, 1.54) is 0 Å². The minimum absolute atomic E-state index is 0.0469. The van der Waals surface area contributed by atoms with Crippen LogP contribution in [0.25, 0.3) is 0 Å². The number of aromatic nitrogens is 1. The molecule has 23 heavy (non-hydrogen) atoms. The molecular formula is C16H25N5O2. The van der Waals surface area contributed by atoms with E-state index in [9.17, 15) is 9.59 Å². The Kier molecular flexibility index (Phi) is 6.80. The van der Waals surface area contributed by atoms with E-state index in [0.29, 0.717) is 13.1 Å². The summed E-state index contributed by atoms with van der Waals surface area (Å²) in [5.74, 6) is -0.317. The number of nitrogens with zero attached hydrogens (tertiary/aromatic N) is 2. The number of rotatable bonds is 8. The summed E-state index contributed by atoms with van der Waals surface area (Å²) in [7, 11) is 0. The van der Waals surface area contributed by atoms with Crippen molar-refractivity contribution in [3.05, 3.63) is 24.5 Å². The maximum Gasteiger partial charge on any atom is 0.231 e. The van der Waals surface area contributed by atoms with Gasteiger partial charge in [0, 0.05) is 32.0 Å². The van der Waals surface area contributed by atoms with Crippen LogP contribution in [-0.4, -0.2) is 54.4 Å². The molecule has 0 aromatic carbocycles. The number of anilines is 1. The van der Waals surface area contributed by atoms with Gasteiger partial charge in [0.2, 0.25) is 11.8 Å². The van der Waals surface area contributed by atoms with Gasteiger partial charge in [-0.15, -0.1) is 0 Å². The van der Waals surface area contributed by atoms with Crippen LogP contribution in [0.2, 0.25) is 0 Å². The molecule has 2 rings (SSSR count). The molecule has 1 aliphatic heterocycles. The molecule has 1 aromatic rings. The molecule has 0 spiro atoms. The molecule has 1 aromatic heterocycles. The predicted octanol–water partition coefficient (Wildman–Crippen LogP) is 0.197. The number of hydrogen-bond donors (Lipinski definition) is 3. The van der Waals surface area contributed by atoms with Crippen LogP contribution in [0.4, 0.5) is 5.69 Å². The maximum absolute atomic E-state index is 12.2. The fraction of sp³-hybridized carbons (Fsp3) is 0.562. The second-order valence-corrected chi connectivity index (χ2v) is 5.85. The monoisotopic (exact) mass is 319 g/mol. The zero-order chi connectivity index (χ0) is 16.5. The van der Waals surface area contributed by atoms with E-state index in [1.54, 1.807) is 12.4 Å². The van der Waals surface area contributed by atoms with Gasteiger partial charge < -0.3 is 16.4 Å². The van der Waals surface area contributed by atoms with Crippen molar-refractivity contribution < 1.29 is 9.59 Å². The Morgan fingerprint density at radius 1 is 1.39 bits per heavy atom. The molecule has 1 aliphatic rings. The van der Waals surface area contributed by atoms with Crippen molar-refractivity contribution in [2.45, 2.75) is 19.3 Å². The summed E-state index contributed by atoms with van der Waals surface area (Å²) in [6, 6.07) is 3.84. The van der Waals surface area contributed by atoms with Gasteiger partial charge in [0.25, 0.3) is 0 Å². The Bertz CT molecular complexity index is 508. The van der Waals surface area contributed by atoms with Crippen molar-refractivity contribution in [3.63, 3.8) is 0 Å². The summed E-state index contributed by atoms with van der Waals surface area (Å²) in [6.45, 7) is 3.10. The van der Waals surface area contributed by atoms with Gasteiger partial charge in [0.15, 0.2) is 0 Å². The zero-order valence-corrected chi connectivity index (χ0v) is 13.3. The molecule has 4 N–H and O–H groups in total. The number of primary amides is 1. The Hall–Kier alpha value is -2.15. The van der Waals surface area contributed by atoms with Gasteiger partial charge in [0.05, 0.1) is 18.2 Å². The van der Waals surface area contributed by atoms with E-state index in [-0.39, 0.29) is 24.3 Å². The fourth-order valence-corrected chi connectivity index (χ4v) is 2.78. The average Bonchev–Trinajstić information content (AvgIpc) is 2.55. The molecule has 0 radical (unpaired) electrons. The first kappa shape index (κ1) is 17.2. The van der Waals surface area contributed by atoms with Crippen LogP contribution in [0.5, 0.6) is 0 Å². The van der Waals surface area contributed by atoms with Crippen LogP contribution in [0.15, 0.2) is 24.5 Å². The Morgan fingerprint density at radius 3 is 3.00 bits per heavy atom. The molecule has 2 heterocycles. The quantitative estimate of drug-likeness (QED) is 0.594. The van der Waals surface area contributed by atoms with Crippen molar-refractivity contribution in [1.82, 2.24) is 15.2 Å². The first-order valence-electron chi connectivity index (χ1n) is 8.07. The first-order valence-corrected chi connectivity index (χ1v) is 8.07. The minimum Gasteiger partial charge on any atom is -0.384 e. The number of carbonyl (C=O) groups excluding carboxylic acids is 2. The summed E-state index contributed by atoms with van der Waals surface area (Å²) in [4.78, 5) is 29.1. The fourth-order valence-electron chi connectivity index (χ4n) is 2.78. The number of likely N-dealkylation sites (tertiary alicyclic amines) is 1. The molecule has 0 aliphatic carbocycles. The summed E-state index contributed by atoms with van der Waals surface area (Å²) in [5, 5.41) is 6.23. The minimum atomic E-state index is -0.340. The SMILES string of the molecule is NC(=O)CN1CCCC(C(=O)NCCCNc2cccnc2)C1. The topological polar surface area (TPSA) is 100 Å². The van der Waals surface area contributed by atoms with E-state index in [0.717, 1.165) is 38.0 Å². The van der Waals surface area contributed by atoms with Crippen molar-refractivity contribution in [1.29, 1.82) is 0 Å². The highest BCUT2D eigenvalue weighted by molar-refractivity contribution is 5.79. The molecule has 0 bridgehead atoms. The molecule has 1 atom stereocenters. The summed E-state index contributed by atoms with van der Waals surface area (Å²) in [6.07, 6.45) is 6.15. The van der Waals surface area contributed by atoms with Crippen LogP contribution in [0.1, 0.15) is 19.3 Å². The maximum atomic E-state index is 12.2. The highest BCUT2D eigenvalue weighted by Gasteiger charge is 2.25. The van der Waals surface area contributed by atoms with Crippen LogP contribution >= 0.6 is 0 Å². The molecule has 7 nitrogen and oxygen atoms in total. The van der Waals surface area contributed by atoms with Gasteiger partial charge >= 0.3 is 0 Å². The lowest BCUT2D eigenvalue weighted by Gasteiger charge is -2.30.